The third-order valence-electron chi connectivity index (χ3n) is 4.51. The fraction of sp³-hybridized carbons (Fsp3) is 0.529. The summed E-state index contributed by atoms with van der Waals surface area (Å²) in [5.74, 6) is -1.13. The molecule has 0 atom stereocenters. The number of aromatic carboxylic acids is 1. The number of methoxy groups -OCH3 is 1. The van der Waals surface area contributed by atoms with Crippen LogP contribution in [0, 0.1) is 5.41 Å². The van der Waals surface area contributed by atoms with E-state index in [1.165, 1.54) is 12.5 Å². The number of hydrogen-bond acceptors (Lipinski definition) is 3. The molecule has 1 aromatic carbocycles. The van der Waals surface area contributed by atoms with E-state index in [0.29, 0.717) is 18.7 Å². The zero-order valence-corrected chi connectivity index (χ0v) is 12.9. The highest BCUT2D eigenvalue weighted by Crippen LogP contribution is 2.43. The Balaban J connectivity index is 1.89. The molecule has 1 aromatic rings. The second-order valence-electron chi connectivity index (χ2n) is 6.01. The molecule has 5 nitrogen and oxygen atoms in total. The van der Waals surface area contributed by atoms with Crippen molar-refractivity contribution in [1.82, 2.24) is 5.32 Å². The van der Waals surface area contributed by atoms with Gasteiger partial charge in [0.05, 0.1) is 12.0 Å². The van der Waals surface area contributed by atoms with E-state index < -0.39 is 5.97 Å². The highest BCUT2D eigenvalue weighted by atomic mass is 16.5. The van der Waals surface area contributed by atoms with Gasteiger partial charge < -0.3 is 15.2 Å². The van der Waals surface area contributed by atoms with Gasteiger partial charge in [-0.3, -0.25) is 4.79 Å². The van der Waals surface area contributed by atoms with Crippen molar-refractivity contribution in [3.8, 4) is 0 Å². The van der Waals surface area contributed by atoms with Crippen LogP contribution in [0.15, 0.2) is 24.3 Å². The minimum atomic E-state index is -1.00. The Kier molecular flexibility index (Phi) is 5.55. The van der Waals surface area contributed by atoms with Crippen LogP contribution in [0.2, 0.25) is 0 Å². The number of benzene rings is 1. The van der Waals surface area contributed by atoms with Crippen molar-refractivity contribution in [2.75, 3.05) is 20.3 Å². The number of carbonyl (C=O) groups is 2. The van der Waals surface area contributed by atoms with Crippen molar-refractivity contribution in [2.24, 2.45) is 5.41 Å². The Morgan fingerprint density at radius 1 is 1.32 bits per heavy atom. The highest BCUT2D eigenvalue weighted by molar-refractivity contribution is 5.91. The van der Waals surface area contributed by atoms with E-state index in [1.807, 2.05) is 0 Å². The lowest BCUT2D eigenvalue weighted by Gasteiger charge is -2.42. The zero-order chi connectivity index (χ0) is 16.0. The van der Waals surface area contributed by atoms with Crippen LogP contribution in [-0.2, 0) is 16.0 Å². The van der Waals surface area contributed by atoms with E-state index in [4.69, 9.17) is 9.84 Å². The molecule has 120 valence electrons. The number of hydrogen-bond donors (Lipinski definition) is 2. The van der Waals surface area contributed by atoms with Gasteiger partial charge in [0.2, 0.25) is 5.91 Å². The van der Waals surface area contributed by atoms with Gasteiger partial charge in [-0.15, -0.1) is 0 Å². The summed E-state index contributed by atoms with van der Waals surface area (Å²) in [5, 5.41) is 12.1. The third-order valence-corrected chi connectivity index (χ3v) is 4.51. The molecule has 0 heterocycles. The Labute approximate surface area is 130 Å². The van der Waals surface area contributed by atoms with Crippen LogP contribution in [0.25, 0.3) is 0 Å². The smallest absolute Gasteiger partial charge is 0.335 e. The van der Waals surface area contributed by atoms with Gasteiger partial charge >= 0.3 is 5.97 Å². The van der Waals surface area contributed by atoms with E-state index in [2.05, 4.69) is 5.32 Å². The van der Waals surface area contributed by atoms with Crippen LogP contribution in [0.1, 0.15) is 41.6 Å². The molecule has 1 aliphatic rings. The number of rotatable bonds is 8. The van der Waals surface area contributed by atoms with E-state index in [-0.39, 0.29) is 23.3 Å². The molecule has 0 spiro atoms. The summed E-state index contributed by atoms with van der Waals surface area (Å²) in [5.41, 5.74) is 0.903. The molecule has 0 aliphatic heterocycles. The second-order valence-corrected chi connectivity index (χ2v) is 6.01. The maximum absolute atomic E-state index is 12.1. The van der Waals surface area contributed by atoms with Crippen LogP contribution in [-0.4, -0.2) is 37.2 Å². The Morgan fingerprint density at radius 3 is 2.64 bits per heavy atom. The number of carbonyl (C=O) groups excluding carboxylic acids is 1. The van der Waals surface area contributed by atoms with Gasteiger partial charge in [0, 0.05) is 20.3 Å². The fourth-order valence-electron chi connectivity index (χ4n) is 2.92. The van der Waals surface area contributed by atoms with Crippen LogP contribution in [0.5, 0.6) is 0 Å². The van der Waals surface area contributed by atoms with E-state index in [1.54, 1.807) is 25.3 Å². The quantitative estimate of drug-likeness (QED) is 0.772. The summed E-state index contributed by atoms with van der Waals surface area (Å²) < 4.78 is 5.14. The normalized spacial score (nSPS) is 15.9. The summed E-state index contributed by atoms with van der Waals surface area (Å²) in [6.45, 7) is 1.35. The molecule has 0 radical (unpaired) electrons. The predicted octanol–water partition coefficient (Wildman–Crippen LogP) is 2.25. The van der Waals surface area contributed by atoms with Crippen molar-refractivity contribution in [3.05, 3.63) is 35.4 Å². The molecule has 1 saturated carbocycles. The van der Waals surface area contributed by atoms with Gasteiger partial charge in [0.25, 0.3) is 0 Å². The minimum absolute atomic E-state index is 0.100. The molecule has 0 aromatic heterocycles. The van der Waals surface area contributed by atoms with Crippen molar-refractivity contribution >= 4 is 11.9 Å². The second kappa shape index (κ2) is 7.40. The Morgan fingerprint density at radius 2 is 2.05 bits per heavy atom. The lowest BCUT2D eigenvalue weighted by Crippen LogP contribution is -2.43. The van der Waals surface area contributed by atoms with Gasteiger partial charge in [-0.05, 0) is 36.3 Å². The van der Waals surface area contributed by atoms with E-state index in [9.17, 15) is 9.59 Å². The number of ether oxygens (including phenoxy) is 1. The first-order valence-corrected chi connectivity index (χ1v) is 7.63. The topological polar surface area (TPSA) is 75.6 Å². The summed E-state index contributed by atoms with van der Waals surface area (Å²) in [7, 11) is 1.69. The molecule has 1 aliphatic carbocycles. The molecule has 2 N–H and O–H groups in total. The zero-order valence-electron chi connectivity index (χ0n) is 12.9. The standard InChI is InChI=1S/C17H23NO4/c1-22-10-9-17(7-4-8-17)12-18-15(19)11-13-5-2-3-6-14(13)16(20)21/h2-3,5-6H,4,7-12H2,1H3,(H,18,19)(H,20,21). The molecule has 5 heteroatoms. The molecule has 0 bridgehead atoms. The van der Waals surface area contributed by atoms with E-state index in [0.717, 1.165) is 19.3 Å². The molecule has 0 saturated heterocycles. The fourth-order valence-corrected chi connectivity index (χ4v) is 2.92. The Bertz CT molecular complexity index is 537. The molecular formula is C17H23NO4. The van der Waals surface area contributed by atoms with Crippen LogP contribution >= 0.6 is 0 Å². The van der Waals surface area contributed by atoms with Gasteiger partial charge in [-0.1, -0.05) is 24.6 Å². The number of carboxylic acid groups (broad SMARTS) is 1. The van der Waals surface area contributed by atoms with Gasteiger partial charge in [0.1, 0.15) is 0 Å². The first-order chi connectivity index (χ1) is 10.6. The van der Waals surface area contributed by atoms with Gasteiger partial charge in [-0.2, -0.15) is 0 Å². The number of amides is 1. The van der Waals surface area contributed by atoms with Crippen molar-refractivity contribution in [3.63, 3.8) is 0 Å². The minimum Gasteiger partial charge on any atom is -0.478 e. The first kappa shape index (κ1) is 16.5. The van der Waals surface area contributed by atoms with E-state index >= 15 is 0 Å². The van der Waals surface area contributed by atoms with Crippen LogP contribution in [0.4, 0.5) is 0 Å². The molecule has 1 fully saturated rings. The summed E-state index contributed by atoms with van der Waals surface area (Å²) in [6, 6.07) is 6.63. The maximum Gasteiger partial charge on any atom is 0.335 e. The van der Waals surface area contributed by atoms with Crippen molar-refractivity contribution < 1.29 is 19.4 Å². The van der Waals surface area contributed by atoms with Gasteiger partial charge in [-0.25, -0.2) is 4.79 Å². The molecule has 2 rings (SSSR count). The monoisotopic (exact) mass is 305 g/mol. The summed E-state index contributed by atoms with van der Waals surface area (Å²) >= 11 is 0. The first-order valence-electron chi connectivity index (χ1n) is 7.63. The van der Waals surface area contributed by atoms with Crippen LogP contribution in [0.3, 0.4) is 0 Å². The average molecular weight is 305 g/mol. The third kappa shape index (κ3) is 4.07. The summed E-state index contributed by atoms with van der Waals surface area (Å²) in [6.07, 6.45) is 4.48. The summed E-state index contributed by atoms with van der Waals surface area (Å²) in [4.78, 5) is 23.3. The van der Waals surface area contributed by atoms with Crippen molar-refractivity contribution in [2.45, 2.75) is 32.1 Å². The molecule has 0 unspecified atom stereocenters. The largest absolute Gasteiger partial charge is 0.478 e. The van der Waals surface area contributed by atoms with Gasteiger partial charge in [0.15, 0.2) is 0 Å². The van der Waals surface area contributed by atoms with Crippen LogP contribution < -0.4 is 5.32 Å². The number of nitrogens with one attached hydrogen (secondary N) is 1. The highest BCUT2D eigenvalue weighted by Gasteiger charge is 2.36. The Hall–Kier alpha value is -1.88. The molecule has 1 amide bonds. The lowest BCUT2D eigenvalue weighted by atomic mass is 9.66. The molecular weight excluding hydrogens is 282 g/mol. The average Bonchev–Trinajstić information content (AvgIpc) is 2.46. The van der Waals surface area contributed by atoms with Crippen molar-refractivity contribution in [1.29, 1.82) is 0 Å². The predicted molar refractivity (Wildman–Crippen MR) is 82.9 cm³/mol. The number of carboxylic acids is 1. The molecule has 22 heavy (non-hydrogen) atoms. The SMILES string of the molecule is COCCC1(CNC(=O)Cc2ccccc2C(=O)O)CCC1. The lowest BCUT2D eigenvalue weighted by molar-refractivity contribution is -0.121. The maximum atomic E-state index is 12.1.